The van der Waals surface area contributed by atoms with E-state index in [0.29, 0.717) is 11.7 Å². The molecule has 0 amide bonds. The van der Waals surface area contributed by atoms with Crippen LogP contribution >= 0.6 is 0 Å². The number of aromatic nitrogens is 1. The lowest BCUT2D eigenvalue weighted by atomic mass is 10.0. The Kier molecular flexibility index (Phi) is 2.44. The van der Waals surface area contributed by atoms with Gasteiger partial charge in [0, 0.05) is 11.6 Å². The van der Waals surface area contributed by atoms with E-state index in [-0.39, 0.29) is 5.69 Å². The van der Waals surface area contributed by atoms with Crippen molar-refractivity contribution in [3.8, 4) is 11.3 Å². The van der Waals surface area contributed by atoms with Gasteiger partial charge in [-0.2, -0.15) is 0 Å². The van der Waals surface area contributed by atoms with Crippen molar-refractivity contribution >= 4 is 5.97 Å². The van der Waals surface area contributed by atoms with Gasteiger partial charge in [0.1, 0.15) is 0 Å². The Labute approximate surface area is 104 Å². The molecule has 0 spiro atoms. The monoisotopic (exact) mass is 243 g/mol. The van der Waals surface area contributed by atoms with Crippen molar-refractivity contribution in [2.45, 2.75) is 19.8 Å². The summed E-state index contributed by atoms with van der Waals surface area (Å²) in [6.45, 7) is 2.23. The minimum atomic E-state index is -1.07. The molecule has 0 saturated heterocycles. The van der Waals surface area contributed by atoms with Crippen molar-refractivity contribution in [1.82, 2.24) is 5.16 Å². The van der Waals surface area contributed by atoms with E-state index in [9.17, 15) is 4.79 Å². The molecule has 1 aromatic carbocycles. The molecule has 1 aliphatic rings. The molecule has 1 aromatic heterocycles. The van der Waals surface area contributed by atoms with Crippen LogP contribution in [0.3, 0.4) is 0 Å². The second-order valence-electron chi connectivity index (χ2n) is 4.88. The fraction of sp³-hybridized carbons (Fsp3) is 0.286. The van der Waals surface area contributed by atoms with Crippen molar-refractivity contribution in [1.29, 1.82) is 0 Å². The lowest BCUT2D eigenvalue weighted by Gasteiger charge is -2.00. The molecule has 1 aliphatic carbocycles. The number of carboxylic acid groups (broad SMARTS) is 1. The number of benzene rings is 1. The van der Waals surface area contributed by atoms with Gasteiger partial charge in [-0.3, -0.25) is 0 Å². The van der Waals surface area contributed by atoms with Crippen LogP contribution in [0.5, 0.6) is 0 Å². The van der Waals surface area contributed by atoms with Gasteiger partial charge in [0.15, 0.2) is 11.5 Å². The Bertz CT molecular complexity index is 615. The van der Waals surface area contributed by atoms with E-state index in [0.717, 1.165) is 18.4 Å². The minimum absolute atomic E-state index is 0.0566. The first-order chi connectivity index (χ1) is 8.63. The molecule has 3 rings (SSSR count). The SMILES string of the molecule is CC1Cc2ccc(-c3cc(C(=O)O)no3)cc2C1. The van der Waals surface area contributed by atoms with Gasteiger partial charge in [-0.05, 0) is 36.0 Å². The van der Waals surface area contributed by atoms with E-state index in [4.69, 9.17) is 9.63 Å². The number of aromatic carboxylic acids is 1. The van der Waals surface area contributed by atoms with Crippen molar-refractivity contribution in [3.63, 3.8) is 0 Å². The van der Waals surface area contributed by atoms with Crippen LogP contribution in [0.2, 0.25) is 0 Å². The molecule has 1 atom stereocenters. The molecule has 1 unspecified atom stereocenters. The predicted octanol–water partition coefficient (Wildman–Crippen LogP) is 2.77. The summed E-state index contributed by atoms with van der Waals surface area (Å²) >= 11 is 0. The molecule has 4 nitrogen and oxygen atoms in total. The first kappa shape index (κ1) is 11.0. The summed E-state index contributed by atoms with van der Waals surface area (Å²) in [5, 5.41) is 12.3. The zero-order valence-corrected chi connectivity index (χ0v) is 10.0. The summed E-state index contributed by atoms with van der Waals surface area (Å²) in [5.41, 5.74) is 3.54. The molecule has 92 valence electrons. The molecule has 0 saturated carbocycles. The van der Waals surface area contributed by atoms with Gasteiger partial charge in [0.2, 0.25) is 0 Å². The Morgan fingerprint density at radius 3 is 2.83 bits per heavy atom. The Hall–Kier alpha value is -2.10. The van der Waals surface area contributed by atoms with E-state index in [1.165, 1.54) is 17.2 Å². The van der Waals surface area contributed by atoms with E-state index < -0.39 is 5.97 Å². The summed E-state index contributed by atoms with van der Waals surface area (Å²) in [6.07, 6.45) is 2.19. The molecule has 1 heterocycles. The molecular weight excluding hydrogens is 230 g/mol. The summed E-state index contributed by atoms with van der Waals surface area (Å²) in [5.74, 6) is 0.120. The first-order valence-corrected chi connectivity index (χ1v) is 5.95. The maximum Gasteiger partial charge on any atom is 0.358 e. The largest absolute Gasteiger partial charge is 0.476 e. The molecule has 18 heavy (non-hydrogen) atoms. The Morgan fingerprint density at radius 2 is 2.11 bits per heavy atom. The molecule has 0 radical (unpaired) electrons. The number of nitrogens with zero attached hydrogens (tertiary/aromatic N) is 1. The quantitative estimate of drug-likeness (QED) is 0.880. The molecule has 0 fully saturated rings. The van der Waals surface area contributed by atoms with Crippen LogP contribution in [-0.2, 0) is 12.8 Å². The lowest BCUT2D eigenvalue weighted by molar-refractivity contribution is 0.0686. The number of carbonyl (C=O) groups is 1. The standard InChI is InChI=1S/C14H13NO3/c1-8-4-9-2-3-10(6-11(9)5-8)13-7-12(14(16)17)15-18-13/h2-3,6-8H,4-5H2,1H3,(H,16,17). The Morgan fingerprint density at radius 1 is 1.33 bits per heavy atom. The number of hydrogen-bond donors (Lipinski definition) is 1. The van der Waals surface area contributed by atoms with Crippen LogP contribution in [0.4, 0.5) is 0 Å². The molecular formula is C14H13NO3. The summed E-state index contributed by atoms with van der Waals surface area (Å²) < 4.78 is 5.07. The molecule has 0 aliphatic heterocycles. The maximum absolute atomic E-state index is 10.8. The van der Waals surface area contributed by atoms with Crippen LogP contribution in [0.1, 0.15) is 28.5 Å². The molecule has 0 bridgehead atoms. The van der Waals surface area contributed by atoms with Crippen molar-refractivity contribution < 1.29 is 14.4 Å². The highest BCUT2D eigenvalue weighted by Gasteiger charge is 2.19. The maximum atomic E-state index is 10.8. The number of fused-ring (bicyclic) bond motifs is 1. The average molecular weight is 243 g/mol. The van der Waals surface area contributed by atoms with Crippen LogP contribution in [0, 0.1) is 5.92 Å². The fourth-order valence-electron chi connectivity index (χ4n) is 2.50. The van der Waals surface area contributed by atoms with Gasteiger partial charge in [-0.25, -0.2) is 4.79 Å². The van der Waals surface area contributed by atoms with Crippen LogP contribution in [0.15, 0.2) is 28.8 Å². The van der Waals surface area contributed by atoms with Crippen molar-refractivity contribution in [2.24, 2.45) is 5.92 Å². The van der Waals surface area contributed by atoms with Gasteiger partial charge < -0.3 is 9.63 Å². The van der Waals surface area contributed by atoms with E-state index in [2.05, 4.69) is 24.2 Å². The minimum Gasteiger partial charge on any atom is -0.476 e. The highest BCUT2D eigenvalue weighted by molar-refractivity contribution is 5.86. The first-order valence-electron chi connectivity index (χ1n) is 5.95. The smallest absolute Gasteiger partial charge is 0.358 e. The zero-order valence-electron chi connectivity index (χ0n) is 10.0. The second-order valence-corrected chi connectivity index (χ2v) is 4.88. The topological polar surface area (TPSA) is 63.3 Å². The van der Waals surface area contributed by atoms with Crippen LogP contribution < -0.4 is 0 Å². The molecule has 1 N–H and O–H groups in total. The third-order valence-electron chi connectivity index (χ3n) is 3.36. The lowest BCUT2D eigenvalue weighted by Crippen LogP contribution is -1.94. The van der Waals surface area contributed by atoms with Crippen LogP contribution in [0.25, 0.3) is 11.3 Å². The summed E-state index contributed by atoms with van der Waals surface area (Å²) in [4.78, 5) is 10.8. The number of hydrogen-bond acceptors (Lipinski definition) is 3. The molecule has 2 aromatic rings. The summed E-state index contributed by atoms with van der Waals surface area (Å²) in [7, 11) is 0. The van der Waals surface area contributed by atoms with Gasteiger partial charge in [0.25, 0.3) is 0 Å². The van der Waals surface area contributed by atoms with E-state index in [1.54, 1.807) is 0 Å². The van der Waals surface area contributed by atoms with E-state index >= 15 is 0 Å². The zero-order chi connectivity index (χ0) is 12.7. The molecule has 4 heteroatoms. The van der Waals surface area contributed by atoms with Crippen LogP contribution in [-0.4, -0.2) is 16.2 Å². The van der Waals surface area contributed by atoms with Gasteiger partial charge in [0.05, 0.1) is 0 Å². The Balaban J connectivity index is 1.97. The second kappa shape index (κ2) is 3.98. The highest BCUT2D eigenvalue weighted by Crippen LogP contribution is 2.30. The van der Waals surface area contributed by atoms with Crippen molar-refractivity contribution in [2.75, 3.05) is 0 Å². The normalized spacial score (nSPS) is 17.7. The predicted molar refractivity (Wildman–Crippen MR) is 65.5 cm³/mol. The number of rotatable bonds is 2. The number of carboxylic acids is 1. The fourth-order valence-corrected chi connectivity index (χ4v) is 2.50. The highest BCUT2D eigenvalue weighted by atomic mass is 16.5. The average Bonchev–Trinajstić information content (AvgIpc) is 2.91. The van der Waals surface area contributed by atoms with Gasteiger partial charge >= 0.3 is 5.97 Å². The van der Waals surface area contributed by atoms with Gasteiger partial charge in [-0.1, -0.05) is 24.2 Å². The van der Waals surface area contributed by atoms with Crippen molar-refractivity contribution in [3.05, 3.63) is 41.1 Å². The van der Waals surface area contributed by atoms with E-state index in [1.807, 2.05) is 6.07 Å². The van der Waals surface area contributed by atoms with Gasteiger partial charge in [-0.15, -0.1) is 0 Å². The third-order valence-corrected chi connectivity index (χ3v) is 3.36. The summed E-state index contributed by atoms with van der Waals surface area (Å²) in [6, 6.07) is 7.59. The third kappa shape index (κ3) is 1.79.